The van der Waals surface area contributed by atoms with Gasteiger partial charge in [-0.25, -0.2) is 0 Å². The van der Waals surface area contributed by atoms with Crippen LogP contribution in [0.5, 0.6) is 0 Å². The molecular formula is C14H18BrF3N2S. The summed E-state index contributed by atoms with van der Waals surface area (Å²) in [6.45, 7) is 5.39. The number of thiocarbonyl (C=S) groups is 1. The fourth-order valence-corrected chi connectivity index (χ4v) is 2.66. The lowest BCUT2D eigenvalue weighted by Crippen LogP contribution is -2.31. The Bertz CT molecular complexity index is 503. The minimum atomic E-state index is -4.34. The number of benzene rings is 1. The first-order valence-electron chi connectivity index (χ1n) is 6.51. The normalized spacial score (nSPS) is 11.8. The summed E-state index contributed by atoms with van der Waals surface area (Å²) in [4.78, 5) is 2.39. The minimum Gasteiger partial charge on any atom is -0.393 e. The van der Waals surface area contributed by atoms with Crippen LogP contribution in [0.25, 0.3) is 0 Å². The van der Waals surface area contributed by atoms with Gasteiger partial charge in [0.15, 0.2) is 0 Å². The number of halogens is 4. The molecule has 0 radical (unpaired) electrons. The second kappa shape index (κ2) is 7.45. The maximum absolute atomic E-state index is 12.7. The van der Waals surface area contributed by atoms with Gasteiger partial charge < -0.3 is 10.6 Å². The van der Waals surface area contributed by atoms with Crippen LogP contribution in [0.3, 0.4) is 0 Å². The first-order valence-corrected chi connectivity index (χ1v) is 7.71. The zero-order valence-electron chi connectivity index (χ0n) is 11.9. The molecule has 21 heavy (non-hydrogen) atoms. The second-order valence-electron chi connectivity index (χ2n) is 5.22. The maximum atomic E-state index is 12.7. The Balaban J connectivity index is 3.04. The molecule has 0 aromatic heterocycles. The predicted molar refractivity (Wildman–Crippen MR) is 87.6 cm³/mol. The third-order valence-corrected chi connectivity index (χ3v) is 3.67. The lowest BCUT2D eigenvalue weighted by molar-refractivity contribution is -0.137. The molecule has 118 valence electrons. The summed E-state index contributed by atoms with van der Waals surface area (Å²) < 4.78 is 38.5. The first-order chi connectivity index (χ1) is 9.61. The molecular weight excluding hydrogens is 365 g/mol. The van der Waals surface area contributed by atoms with Crippen LogP contribution in [0.1, 0.15) is 25.8 Å². The van der Waals surface area contributed by atoms with E-state index >= 15 is 0 Å². The van der Waals surface area contributed by atoms with Crippen LogP contribution in [0.2, 0.25) is 0 Å². The average molecular weight is 383 g/mol. The summed E-state index contributed by atoms with van der Waals surface area (Å²) in [6.07, 6.45) is -3.82. The summed E-state index contributed by atoms with van der Waals surface area (Å²) in [5, 5.41) is 0. The molecule has 1 aromatic rings. The van der Waals surface area contributed by atoms with Crippen LogP contribution in [0.4, 0.5) is 18.9 Å². The molecule has 0 heterocycles. The van der Waals surface area contributed by atoms with Crippen molar-refractivity contribution in [2.75, 3.05) is 18.0 Å². The highest BCUT2D eigenvalue weighted by molar-refractivity contribution is 9.10. The zero-order chi connectivity index (χ0) is 16.2. The van der Waals surface area contributed by atoms with E-state index in [-0.39, 0.29) is 0 Å². The molecule has 0 bridgehead atoms. The van der Waals surface area contributed by atoms with Crippen LogP contribution >= 0.6 is 28.1 Å². The molecule has 1 aromatic carbocycles. The van der Waals surface area contributed by atoms with Gasteiger partial charge in [0.25, 0.3) is 0 Å². The number of anilines is 1. The predicted octanol–water partition coefficient (Wildman–Crippen LogP) is 4.61. The largest absolute Gasteiger partial charge is 0.416 e. The zero-order valence-corrected chi connectivity index (χ0v) is 14.3. The fraction of sp³-hybridized carbons (Fsp3) is 0.500. The molecule has 0 saturated heterocycles. The summed E-state index contributed by atoms with van der Waals surface area (Å²) in [7, 11) is 0. The first kappa shape index (κ1) is 18.2. The molecule has 7 heteroatoms. The van der Waals surface area contributed by atoms with Gasteiger partial charge in [-0.15, -0.1) is 0 Å². The molecule has 0 fully saturated rings. The van der Waals surface area contributed by atoms with Gasteiger partial charge in [0.1, 0.15) is 0 Å². The number of hydrogen-bond donors (Lipinski definition) is 1. The summed E-state index contributed by atoms with van der Waals surface area (Å²) in [5.74, 6) is 0.366. The minimum absolute atomic E-state index is 0.366. The molecule has 0 unspecified atom stereocenters. The lowest BCUT2D eigenvalue weighted by Gasteiger charge is -2.28. The van der Waals surface area contributed by atoms with Gasteiger partial charge in [0, 0.05) is 24.0 Å². The van der Waals surface area contributed by atoms with E-state index in [2.05, 4.69) is 15.9 Å². The van der Waals surface area contributed by atoms with E-state index in [0.29, 0.717) is 40.6 Å². The van der Waals surface area contributed by atoms with E-state index in [1.165, 1.54) is 6.07 Å². The lowest BCUT2D eigenvalue weighted by atomic mass is 10.1. The molecule has 1 rings (SSSR count). The smallest absolute Gasteiger partial charge is 0.393 e. The van der Waals surface area contributed by atoms with Crippen molar-refractivity contribution in [2.24, 2.45) is 11.7 Å². The topological polar surface area (TPSA) is 29.3 Å². The Morgan fingerprint density at radius 3 is 2.43 bits per heavy atom. The molecule has 0 aliphatic rings. The highest BCUT2D eigenvalue weighted by Gasteiger charge is 2.31. The Labute approximate surface area is 136 Å². The van der Waals surface area contributed by atoms with E-state index in [4.69, 9.17) is 18.0 Å². The van der Waals surface area contributed by atoms with Gasteiger partial charge in [-0.3, -0.25) is 0 Å². The third-order valence-electron chi connectivity index (χ3n) is 2.83. The summed E-state index contributed by atoms with van der Waals surface area (Å²) in [6, 6.07) is 3.67. The summed E-state index contributed by atoms with van der Waals surface area (Å²) >= 11 is 8.10. The average Bonchev–Trinajstić information content (AvgIpc) is 2.32. The fourth-order valence-electron chi connectivity index (χ4n) is 1.94. The van der Waals surface area contributed by atoms with Gasteiger partial charge in [0.05, 0.1) is 16.2 Å². The van der Waals surface area contributed by atoms with Crippen molar-refractivity contribution in [3.8, 4) is 0 Å². The van der Waals surface area contributed by atoms with Crippen molar-refractivity contribution >= 4 is 38.8 Å². The monoisotopic (exact) mass is 382 g/mol. The van der Waals surface area contributed by atoms with Crippen LogP contribution in [0.15, 0.2) is 22.7 Å². The number of rotatable bonds is 6. The number of nitrogens with two attached hydrogens (primary N) is 1. The van der Waals surface area contributed by atoms with Crippen molar-refractivity contribution in [3.63, 3.8) is 0 Å². The van der Waals surface area contributed by atoms with E-state index in [0.717, 1.165) is 12.1 Å². The molecule has 0 amide bonds. The van der Waals surface area contributed by atoms with Gasteiger partial charge in [-0.2, -0.15) is 13.2 Å². The highest BCUT2D eigenvalue weighted by atomic mass is 79.9. The number of nitrogens with zero attached hydrogens (tertiary/aromatic N) is 1. The maximum Gasteiger partial charge on any atom is 0.416 e. The van der Waals surface area contributed by atoms with E-state index in [1.807, 2.05) is 18.7 Å². The van der Waals surface area contributed by atoms with Crippen LogP contribution in [0, 0.1) is 5.92 Å². The van der Waals surface area contributed by atoms with E-state index in [1.54, 1.807) is 0 Å². The Kier molecular flexibility index (Phi) is 6.46. The van der Waals surface area contributed by atoms with Gasteiger partial charge in [-0.05, 0) is 40.0 Å². The van der Waals surface area contributed by atoms with Crippen molar-refractivity contribution in [3.05, 3.63) is 28.2 Å². The van der Waals surface area contributed by atoms with Crippen LogP contribution in [-0.4, -0.2) is 18.1 Å². The Morgan fingerprint density at radius 2 is 2.00 bits per heavy atom. The highest BCUT2D eigenvalue weighted by Crippen LogP contribution is 2.35. The van der Waals surface area contributed by atoms with Crippen LogP contribution < -0.4 is 10.6 Å². The van der Waals surface area contributed by atoms with E-state index in [9.17, 15) is 13.2 Å². The Morgan fingerprint density at radius 1 is 1.38 bits per heavy atom. The molecule has 0 saturated carbocycles. The quantitative estimate of drug-likeness (QED) is 0.728. The molecule has 0 aliphatic carbocycles. The second-order valence-corrected chi connectivity index (χ2v) is 6.60. The summed E-state index contributed by atoms with van der Waals surface area (Å²) in [5.41, 5.74) is 5.56. The van der Waals surface area contributed by atoms with Crippen molar-refractivity contribution in [2.45, 2.75) is 26.4 Å². The van der Waals surface area contributed by atoms with E-state index < -0.39 is 11.7 Å². The molecule has 0 atom stereocenters. The third kappa shape index (κ3) is 5.82. The van der Waals surface area contributed by atoms with Crippen LogP contribution in [-0.2, 0) is 6.18 Å². The Hall–Kier alpha value is -0.820. The standard InChI is InChI=1S/C14H18BrF3N2S/c1-9(2)8-20(6-5-13(19)21)12-4-3-10(7-11(12)15)14(16,17)18/h3-4,7,9H,5-6,8H2,1-2H3,(H2,19,21). The number of hydrogen-bond acceptors (Lipinski definition) is 2. The van der Waals surface area contributed by atoms with Crippen molar-refractivity contribution in [1.82, 2.24) is 0 Å². The number of alkyl halides is 3. The molecule has 2 N–H and O–H groups in total. The van der Waals surface area contributed by atoms with Gasteiger partial charge >= 0.3 is 6.18 Å². The van der Waals surface area contributed by atoms with Crippen molar-refractivity contribution < 1.29 is 13.2 Å². The molecule has 0 aliphatic heterocycles. The van der Waals surface area contributed by atoms with Gasteiger partial charge in [0.2, 0.25) is 0 Å². The SMILES string of the molecule is CC(C)CN(CCC(N)=S)c1ccc(C(F)(F)F)cc1Br. The molecule has 0 spiro atoms. The van der Waals surface area contributed by atoms with Gasteiger partial charge in [-0.1, -0.05) is 26.1 Å². The van der Waals surface area contributed by atoms with Crippen molar-refractivity contribution in [1.29, 1.82) is 0 Å². The molecule has 2 nitrogen and oxygen atoms in total.